The van der Waals surface area contributed by atoms with E-state index in [1.165, 1.54) is 19.2 Å². The molecule has 0 aliphatic rings. The third kappa shape index (κ3) is 2.45. The zero-order chi connectivity index (χ0) is 11.6. The van der Waals surface area contributed by atoms with Gasteiger partial charge >= 0.3 is 0 Å². The molecule has 0 bridgehead atoms. The number of nitrogens with zero attached hydrogens (tertiary/aromatic N) is 1. The summed E-state index contributed by atoms with van der Waals surface area (Å²) in [5.41, 5.74) is 5.63. The summed E-state index contributed by atoms with van der Waals surface area (Å²) in [7, 11) is -2.91. The molecule has 0 atom stereocenters. The van der Waals surface area contributed by atoms with Crippen molar-refractivity contribution in [3.63, 3.8) is 0 Å². The van der Waals surface area contributed by atoms with Crippen LogP contribution in [0.25, 0.3) is 0 Å². The molecule has 6 nitrogen and oxygen atoms in total. The first kappa shape index (κ1) is 11.5. The van der Waals surface area contributed by atoms with Crippen molar-refractivity contribution in [2.75, 3.05) is 17.7 Å². The average molecular weight is 230 g/mol. The van der Waals surface area contributed by atoms with Gasteiger partial charge in [0.05, 0.1) is 5.69 Å². The number of hydrogen-bond donors (Lipinski definition) is 2. The summed E-state index contributed by atoms with van der Waals surface area (Å²) in [4.78, 5) is 11.2. The standard InChI is InChI=1S/C8H10N2O4S/c1-10(5-11)6-2-3-7(9)8(4-6)15(12,13)14/h2-5H,9H2,1H3,(H,12,13,14). The lowest BCUT2D eigenvalue weighted by Crippen LogP contribution is -2.14. The van der Waals surface area contributed by atoms with Gasteiger partial charge in [-0.25, -0.2) is 0 Å². The van der Waals surface area contributed by atoms with Gasteiger partial charge in [0.15, 0.2) is 0 Å². The number of nitrogen functional groups attached to an aromatic ring is 1. The Morgan fingerprint density at radius 1 is 1.47 bits per heavy atom. The van der Waals surface area contributed by atoms with E-state index in [-0.39, 0.29) is 5.69 Å². The largest absolute Gasteiger partial charge is 0.398 e. The van der Waals surface area contributed by atoms with Crippen LogP contribution < -0.4 is 10.6 Å². The van der Waals surface area contributed by atoms with Crippen LogP contribution >= 0.6 is 0 Å². The number of carbonyl (C=O) groups excluding carboxylic acids is 1. The Bertz CT molecular complexity index is 483. The molecule has 0 aliphatic heterocycles. The Morgan fingerprint density at radius 3 is 2.53 bits per heavy atom. The van der Waals surface area contributed by atoms with Gasteiger partial charge in [0.25, 0.3) is 10.1 Å². The quantitative estimate of drug-likeness (QED) is 0.436. The molecule has 1 aromatic rings. The Labute approximate surface area is 87.1 Å². The van der Waals surface area contributed by atoms with Crippen molar-refractivity contribution in [1.29, 1.82) is 0 Å². The number of nitrogens with two attached hydrogens (primary N) is 1. The first-order valence-electron chi connectivity index (χ1n) is 3.91. The summed E-state index contributed by atoms with van der Waals surface area (Å²) in [6.45, 7) is 0. The van der Waals surface area contributed by atoms with E-state index in [9.17, 15) is 13.2 Å². The van der Waals surface area contributed by atoms with Crippen LogP contribution in [0.4, 0.5) is 11.4 Å². The highest BCUT2D eigenvalue weighted by Gasteiger charge is 2.15. The van der Waals surface area contributed by atoms with Crippen molar-refractivity contribution >= 4 is 27.9 Å². The highest BCUT2D eigenvalue weighted by Crippen LogP contribution is 2.23. The molecule has 3 N–H and O–H groups in total. The molecule has 82 valence electrons. The van der Waals surface area contributed by atoms with Gasteiger partial charge < -0.3 is 10.6 Å². The van der Waals surface area contributed by atoms with Crippen LogP contribution in [-0.2, 0) is 14.9 Å². The molecule has 0 unspecified atom stereocenters. The lowest BCUT2D eigenvalue weighted by Gasteiger charge is -2.12. The Balaban J connectivity index is 3.35. The number of hydrogen-bond acceptors (Lipinski definition) is 4. The number of anilines is 2. The monoisotopic (exact) mass is 230 g/mol. The Hall–Kier alpha value is -1.60. The van der Waals surface area contributed by atoms with Crippen LogP contribution in [0.3, 0.4) is 0 Å². The highest BCUT2D eigenvalue weighted by atomic mass is 32.2. The molecule has 0 aromatic heterocycles. The first-order valence-corrected chi connectivity index (χ1v) is 5.35. The summed E-state index contributed by atoms with van der Waals surface area (Å²) in [5, 5.41) is 0. The van der Waals surface area contributed by atoms with E-state index in [0.29, 0.717) is 12.1 Å². The minimum absolute atomic E-state index is 0.0689. The molecule has 1 rings (SSSR count). The number of benzene rings is 1. The van der Waals surface area contributed by atoms with E-state index in [1.54, 1.807) is 0 Å². The van der Waals surface area contributed by atoms with Gasteiger partial charge in [-0.05, 0) is 18.2 Å². The van der Waals surface area contributed by atoms with Crippen LogP contribution in [0.2, 0.25) is 0 Å². The van der Waals surface area contributed by atoms with E-state index < -0.39 is 15.0 Å². The molecule has 0 radical (unpaired) electrons. The predicted octanol–water partition coefficient (Wildman–Crippen LogP) is 0.108. The van der Waals surface area contributed by atoms with Gasteiger partial charge in [-0.1, -0.05) is 0 Å². The molecule has 0 spiro atoms. The minimum atomic E-state index is -4.37. The molecule has 1 aromatic carbocycles. The molecule has 15 heavy (non-hydrogen) atoms. The molecule has 0 saturated carbocycles. The fraction of sp³-hybridized carbons (Fsp3) is 0.125. The highest BCUT2D eigenvalue weighted by molar-refractivity contribution is 7.86. The Morgan fingerprint density at radius 2 is 2.07 bits per heavy atom. The van der Waals surface area contributed by atoms with Gasteiger partial charge in [-0.15, -0.1) is 0 Å². The molecular weight excluding hydrogens is 220 g/mol. The maximum atomic E-state index is 10.9. The second-order valence-corrected chi connectivity index (χ2v) is 4.30. The minimum Gasteiger partial charge on any atom is -0.398 e. The molecule has 0 aliphatic carbocycles. The van der Waals surface area contributed by atoms with Gasteiger partial charge in [-0.2, -0.15) is 8.42 Å². The third-order valence-corrected chi connectivity index (χ3v) is 2.75. The second kappa shape index (κ2) is 3.87. The summed E-state index contributed by atoms with van der Waals surface area (Å²) < 4.78 is 30.6. The van der Waals surface area contributed by atoms with Gasteiger partial charge in [0.2, 0.25) is 6.41 Å². The van der Waals surface area contributed by atoms with Crippen molar-refractivity contribution in [2.24, 2.45) is 0 Å². The van der Waals surface area contributed by atoms with Crippen molar-refractivity contribution in [1.82, 2.24) is 0 Å². The number of carbonyl (C=O) groups is 1. The van der Waals surface area contributed by atoms with E-state index in [4.69, 9.17) is 10.3 Å². The summed E-state index contributed by atoms with van der Waals surface area (Å²) in [6, 6.07) is 3.90. The van der Waals surface area contributed by atoms with Gasteiger partial charge in [0, 0.05) is 12.7 Å². The molecule has 1 amide bonds. The SMILES string of the molecule is CN(C=O)c1ccc(N)c(S(=O)(=O)O)c1. The molecule has 0 saturated heterocycles. The van der Waals surface area contributed by atoms with E-state index >= 15 is 0 Å². The van der Waals surface area contributed by atoms with Crippen LogP contribution in [-0.4, -0.2) is 26.4 Å². The number of amides is 1. The zero-order valence-corrected chi connectivity index (χ0v) is 8.73. The normalized spacial score (nSPS) is 11.1. The smallest absolute Gasteiger partial charge is 0.296 e. The number of rotatable bonds is 3. The summed E-state index contributed by atoms with van der Waals surface area (Å²) in [5.74, 6) is 0. The predicted molar refractivity (Wildman–Crippen MR) is 55.1 cm³/mol. The van der Waals surface area contributed by atoms with E-state index in [2.05, 4.69) is 0 Å². The Kier molecular flexibility index (Phi) is 2.96. The van der Waals surface area contributed by atoms with E-state index in [1.807, 2.05) is 0 Å². The molecule has 0 fully saturated rings. The maximum Gasteiger partial charge on any atom is 0.296 e. The van der Waals surface area contributed by atoms with Crippen molar-refractivity contribution in [3.8, 4) is 0 Å². The first-order chi connectivity index (χ1) is 6.86. The lowest BCUT2D eigenvalue weighted by molar-refractivity contribution is -0.107. The molecular formula is C8H10N2O4S. The summed E-state index contributed by atoms with van der Waals surface area (Å²) >= 11 is 0. The molecule has 7 heteroatoms. The van der Waals surface area contributed by atoms with E-state index in [0.717, 1.165) is 11.0 Å². The summed E-state index contributed by atoms with van der Waals surface area (Å²) in [6.07, 6.45) is 0.513. The topological polar surface area (TPSA) is 101 Å². The van der Waals surface area contributed by atoms with Gasteiger partial charge in [-0.3, -0.25) is 9.35 Å². The van der Waals surface area contributed by atoms with Crippen molar-refractivity contribution in [3.05, 3.63) is 18.2 Å². The van der Waals surface area contributed by atoms with Crippen molar-refractivity contribution in [2.45, 2.75) is 4.90 Å². The van der Waals surface area contributed by atoms with Crippen molar-refractivity contribution < 1.29 is 17.8 Å². The average Bonchev–Trinajstić information content (AvgIpc) is 2.15. The second-order valence-electron chi connectivity index (χ2n) is 2.91. The van der Waals surface area contributed by atoms with Crippen LogP contribution in [0.1, 0.15) is 0 Å². The van der Waals surface area contributed by atoms with Crippen LogP contribution in [0, 0.1) is 0 Å². The zero-order valence-electron chi connectivity index (χ0n) is 7.91. The molecule has 0 heterocycles. The lowest BCUT2D eigenvalue weighted by atomic mass is 10.3. The van der Waals surface area contributed by atoms with Gasteiger partial charge in [0.1, 0.15) is 4.90 Å². The fourth-order valence-electron chi connectivity index (χ4n) is 1.03. The third-order valence-electron chi connectivity index (χ3n) is 1.84. The fourth-order valence-corrected chi connectivity index (χ4v) is 1.66. The van der Waals surface area contributed by atoms with Crippen LogP contribution in [0.15, 0.2) is 23.1 Å². The maximum absolute atomic E-state index is 10.9. The van der Waals surface area contributed by atoms with Crippen LogP contribution in [0.5, 0.6) is 0 Å².